The van der Waals surface area contributed by atoms with Crippen LogP contribution in [0.5, 0.6) is 0 Å². The van der Waals surface area contributed by atoms with Gasteiger partial charge in [0.1, 0.15) is 6.04 Å². The molecule has 0 saturated carbocycles. The molecule has 0 aliphatic carbocycles. The first-order valence-corrected chi connectivity index (χ1v) is 10.7. The summed E-state index contributed by atoms with van der Waals surface area (Å²) in [6, 6.07) is 5.26. The highest BCUT2D eigenvalue weighted by Gasteiger charge is 2.21. The largest absolute Gasteiger partial charge is 0.481 e. The lowest BCUT2D eigenvalue weighted by Crippen LogP contribution is -2.49. The van der Waals surface area contributed by atoms with Crippen LogP contribution < -0.4 is 21.3 Å². The van der Waals surface area contributed by atoms with Crippen LogP contribution in [-0.4, -0.2) is 72.1 Å². The topological polar surface area (TPSA) is 174 Å². The number of aryl methyl sites for hydroxylation is 1. The number of carboxylic acid groups (broad SMARTS) is 2. The van der Waals surface area contributed by atoms with Gasteiger partial charge in [-0.15, -0.1) is 0 Å². The van der Waals surface area contributed by atoms with E-state index in [9.17, 15) is 29.1 Å². The molecule has 6 N–H and O–H groups in total. The van der Waals surface area contributed by atoms with Gasteiger partial charge in [-0.2, -0.15) is 0 Å². The highest BCUT2D eigenvalue weighted by atomic mass is 16.4. The van der Waals surface area contributed by atoms with Crippen LogP contribution in [0, 0.1) is 6.92 Å². The maximum Gasteiger partial charge on any atom is 0.326 e. The van der Waals surface area contributed by atoms with E-state index in [1.54, 1.807) is 18.2 Å². The van der Waals surface area contributed by atoms with Crippen molar-refractivity contribution < 1.29 is 34.2 Å². The van der Waals surface area contributed by atoms with Gasteiger partial charge in [0.25, 0.3) is 5.91 Å². The highest BCUT2D eigenvalue weighted by Crippen LogP contribution is 2.05. The molecule has 0 radical (unpaired) electrons. The van der Waals surface area contributed by atoms with Crippen LogP contribution in [0.2, 0.25) is 0 Å². The van der Waals surface area contributed by atoms with Gasteiger partial charge in [0.2, 0.25) is 11.8 Å². The van der Waals surface area contributed by atoms with E-state index in [4.69, 9.17) is 5.11 Å². The summed E-state index contributed by atoms with van der Waals surface area (Å²) >= 11 is 0. The fourth-order valence-corrected chi connectivity index (χ4v) is 3.03. The Morgan fingerprint density at radius 2 is 1.70 bits per heavy atom. The second kappa shape index (κ2) is 14.6. The fraction of sp³-hybridized carbons (Fsp3) is 0.500. The maximum absolute atomic E-state index is 12.1. The molecular formula is C22H32N4O7. The predicted octanol–water partition coefficient (Wildman–Crippen LogP) is 0.0335. The Kier molecular flexibility index (Phi) is 12.2. The first kappa shape index (κ1) is 27.6. The summed E-state index contributed by atoms with van der Waals surface area (Å²) in [5.41, 5.74) is 1.52. The number of carboxylic acids is 2. The van der Waals surface area contributed by atoms with Crippen molar-refractivity contribution in [2.75, 3.05) is 20.1 Å². The number of aliphatic carboxylic acids is 2. The molecule has 11 heteroatoms. The van der Waals surface area contributed by atoms with E-state index in [-0.39, 0.29) is 25.2 Å². The second-order valence-corrected chi connectivity index (χ2v) is 7.57. The average molecular weight is 465 g/mol. The number of rotatable bonds is 15. The van der Waals surface area contributed by atoms with Gasteiger partial charge >= 0.3 is 11.9 Å². The standard InChI is InChI=1S/C22H32N4O7/c1-14-6-5-7-15(12-14)20(30)24-11-4-3-8-17(22(32)33)26-18(27)13-25-21(31)16(23-2)9-10-19(28)29/h5-7,12,16-17,23H,3-4,8-11,13H2,1-2H3,(H,24,30)(H,25,31)(H,26,27)(H,28,29)(H,32,33). The lowest BCUT2D eigenvalue weighted by Gasteiger charge is -2.17. The van der Waals surface area contributed by atoms with Gasteiger partial charge in [0.05, 0.1) is 12.6 Å². The van der Waals surface area contributed by atoms with Crippen molar-refractivity contribution in [2.45, 2.75) is 51.1 Å². The normalized spacial score (nSPS) is 12.3. The molecule has 33 heavy (non-hydrogen) atoms. The lowest BCUT2D eigenvalue weighted by molar-refractivity contribution is -0.142. The number of amides is 3. The molecule has 3 amide bonds. The van der Waals surface area contributed by atoms with Gasteiger partial charge in [-0.3, -0.25) is 19.2 Å². The monoisotopic (exact) mass is 464 g/mol. The lowest BCUT2D eigenvalue weighted by atomic mass is 10.1. The molecule has 0 fully saturated rings. The molecule has 0 aliphatic rings. The number of hydrogen-bond donors (Lipinski definition) is 6. The second-order valence-electron chi connectivity index (χ2n) is 7.57. The van der Waals surface area contributed by atoms with E-state index in [1.165, 1.54) is 7.05 Å². The van der Waals surface area contributed by atoms with Crippen molar-refractivity contribution >= 4 is 29.7 Å². The third-order valence-corrected chi connectivity index (χ3v) is 4.85. The molecule has 1 rings (SSSR count). The van der Waals surface area contributed by atoms with Crippen LogP contribution in [0.15, 0.2) is 24.3 Å². The van der Waals surface area contributed by atoms with Crippen molar-refractivity contribution in [1.29, 1.82) is 0 Å². The molecule has 182 valence electrons. The summed E-state index contributed by atoms with van der Waals surface area (Å²) in [5.74, 6) is -3.67. The van der Waals surface area contributed by atoms with E-state index in [1.807, 2.05) is 13.0 Å². The summed E-state index contributed by atoms with van der Waals surface area (Å²) in [6.45, 7) is 1.83. The van der Waals surface area contributed by atoms with E-state index < -0.39 is 42.4 Å². The molecule has 0 aliphatic heterocycles. The van der Waals surface area contributed by atoms with E-state index in [0.29, 0.717) is 24.9 Å². The Morgan fingerprint density at radius 1 is 0.970 bits per heavy atom. The number of nitrogens with one attached hydrogen (secondary N) is 4. The van der Waals surface area contributed by atoms with Crippen LogP contribution >= 0.6 is 0 Å². The third-order valence-electron chi connectivity index (χ3n) is 4.85. The summed E-state index contributed by atoms with van der Waals surface area (Å²) in [6.07, 6.45) is 0.984. The summed E-state index contributed by atoms with van der Waals surface area (Å²) < 4.78 is 0. The number of unbranched alkanes of at least 4 members (excludes halogenated alkanes) is 1. The number of benzene rings is 1. The zero-order chi connectivity index (χ0) is 24.8. The molecule has 2 unspecified atom stereocenters. The summed E-state index contributed by atoms with van der Waals surface area (Å²) in [5, 5.41) is 28.2. The Labute approximate surface area is 192 Å². The van der Waals surface area contributed by atoms with Crippen LogP contribution in [0.4, 0.5) is 0 Å². The van der Waals surface area contributed by atoms with Crippen molar-refractivity contribution in [2.24, 2.45) is 0 Å². The van der Waals surface area contributed by atoms with Crippen molar-refractivity contribution in [3.05, 3.63) is 35.4 Å². The highest BCUT2D eigenvalue weighted by molar-refractivity contribution is 5.94. The Morgan fingerprint density at radius 3 is 2.30 bits per heavy atom. The number of likely N-dealkylation sites (N-methyl/N-ethyl adjacent to an activating group) is 1. The molecule has 0 aromatic heterocycles. The zero-order valence-corrected chi connectivity index (χ0v) is 18.8. The van der Waals surface area contributed by atoms with Gasteiger partial charge in [0.15, 0.2) is 0 Å². The van der Waals surface area contributed by atoms with Gasteiger partial charge < -0.3 is 31.5 Å². The number of hydrogen-bond acceptors (Lipinski definition) is 6. The van der Waals surface area contributed by atoms with Gasteiger partial charge in [-0.25, -0.2) is 4.79 Å². The van der Waals surface area contributed by atoms with Crippen molar-refractivity contribution in [3.8, 4) is 0 Å². The number of carbonyl (C=O) groups is 5. The first-order chi connectivity index (χ1) is 15.6. The summed E-state index contributed by atoms with van der Waals surface area (Å²) in [4.78, 5) is 58.2. The van der Waals surface area contributed by atoms with Crippen LogP contribution in [-0.2, 0) is 19.2 Å². The Balaban J connectivity index is 2.35. The minimum atomic E-state index is -1.20. The minimum absolute atomic E-state index is 0.0530. The van der Waals surface area contributed by atoms with Gasteiger partial charge in [0, 0.05) is 18.5 Å². The van der Waals surface area contributed by atoms with E-state index in [2.05, 4.69) is 21.3 Å². The molecule has 2 atom stereocenters. The van der Waals surface area contributed by atoms with E-state index >= 15 is 0 Å². The Hall–Kier alpha value is -3.47. The van der Waals surface area contributed by atoms with Crippen LogP contribution in [0.1, 0.15) is 48.0 Å². The van der Waals surface area contributed by atoms with Gasteiger partial charge in [-0.05, 0) is 51.8 Å². The predicted molar refractivity (Wildman–Crippen MR) is 120 cm³/mol. The minimum Gasteiger partial charge on any atom is -0.481 e. The summed E-state index contributed by atoms with van der Waals surface area (Å²) in [7, 11) is 1.50. The fourth-order valence-electron chi connectivity index (χ4n) is 3.03. The van der Waals surface area contributed by atoms with Crippen molar-refractivity contribution in [3.63, 3.8) is 0 Å². The zero-order valence-electron chi connectivity index (χ0n) is 18.8. The molecule has 1 aromatic carbocycles. The number of carbonyl (C=O) groups excluding carboxylic acids is 3. The maximum atomic E-state index is 12.1. The third kappa shape index (κ3) is 11.1. The SMILES string of the molecule is CNC(CCC(=O)O)C(=O)NCC(=O)NC(CCCCNC(=O)c1cccc(C)c1)C(=O)O. The molecule has 11 nitrogen and oxygen atoms in total. The quantitative estimate of drug-likeness (QED) is 0.197. The Bertz CT molecular complexity index is 844. The smallest absolute Gasteiger partial charge is 0.326 e. The van der Waals surface area contributed by atoms with Crippen LogP contribution in [0.3, 0.4) is 0 Å². The molecule has 0 spiro atoms. The van der Waals surface area contributed by atoms with E-state index in [0.717, 1.165) is 5.56 Å². The van der Waals surface area contributed by atoms with Crippen molar-refractivity contribution in [1.82, 2.24) is 21.3 Å². The van der Waals surface area contributed by atoms with Crippen LogP contribution in [0.25, 0.3) is 0 Å². The molecule has 0 saturated heterocycles. The molecule has 0 bridgehead atoms. The molecule has 1 aromatic rings. The first-order valence-electron chi connectivity index (χ1n) is 10.7. The van der Waals surface area contributed by atoms with Gasteiger partial charge in [-0.1, -0.05) is 17.7 Å². The molecule has 0 heterocycles. The molecular weight excluding hydrogens is 432 g/mol. The average Bonchev–Trinajstić information content (AvgIpc) is 2.76.